The fourth-order valence-corrected chi connectivity index (χ4v) is 1.70. The number of amides is 1. The third-order valence-corrected chi connectivity index (χ3v) is 2.72. The van der Waals surface area contributed by atoms with Gasteiger partial charge in [-0.25, -0.2) is 4.98 Å². The van der Waals surface area contributed by atoms with E-state index < -0.39 is 5.91 Å². The van der Waals surface area contributed by atoms with Crippen molar-refractivity contribution in [1.82, 2.24) is 4.98 Å². The maximum Gasteiger partial charge on any atom is 0.257 e. The molecule has 0 aliphatic carbocycles. The molecule has 94 valence electrons. The van der Waals surface area contributed by atoms with Gasteiger partial charge in [0.25, 0.3) is 5.91 Å². The fourth-order valence-electron chi connectivity index (χ4n) is 1.51. The van der Waals surface area contributed by atoms with Crippen molar-refractivity contribution < 1.29 is 4.79 Å². The average molecular weight is 273 g/mol. The first-order valence-electron chi connectivity index (χ1n) is 5.33. The van der Waals surface area contributed by atoms with Crippen molar-refractivity contribution in [3.05, 3.63) is 52.7 Å². The van der Waals surface area contributed by atoms with Crippen LogP contribution < -0.4 is 11.1 Å². The number of pyridine rings is 1. The van der Waals surface area contributed by atoms with E-state index in [1.165, 1.54) is 12.3 Å². The second-order valence-electron chi connectivity index (χ2n) is 3.70. The van der Waals surface area contributed by atoms with Crippen LogP contribution >= 0.6 is 11.6 Å². The number of carbonyl (C=O) groups excluding carboxylic acids is 1. The van der Waals surface area contributed by atoms with Crippen LogP contribution in [0, 0.1) is 11.3 Å². The number of rotatable bonds is 2. The topological polar surface area (TPSA) is 91.8 Å². The maximum absolute atomic E-state index is 12.1. The van der Waals surface area contributed by atoms with E-state index in [4.69, 9.17) is 22.6 Å². The van der Waals surface area contributed by atoms with Gasteiger partial charge in [-0.15, -0.1) is 0 Å². The number of hydrogen-bond acceptors (Lipinski definition) is 4. The molecule has 5 nitrogen and oxygen atoms in total. The zero-order valence-electron chi connectivity index (χ0n) is 9.72. The van der Waals surface area contributed by atoms with Crippen molar-refractivity contribution >= 4 is 29.0 Å². The number of nitrogens with two attached hydrogens (primary N) is 1. The second-order valence-corrected chi connectivity index (χ2v) is 4.11. The number of carbonyl (C=O) groups is 1. The molecule has 6 heteroatoms. The summed E-state index contributed by atoms with van der Waals surface area (Å²) in [5.41, 5.74) is 6.51. The molecule has 0 spiro atoms. The minimum atomic E-state index is -0.443. The van der Waals surface area contributed by atoms with Crippen LogP contribution in [0.5, 0.6) is 0 Å². The largest absolute Gasteiger partial charge is 0.384 e. The summed E-state index contributed by atoms with van der Waals surface area (Å²) in [6.07, 6.45) is 1.31. The highest BCUT2D eigenvalue weighted by atomic mass is 35.5. The Balaban J connectivity index is 2.31. The van der Waals surface area contributed by atoms with Gasteiger partial charge >= 0.3 is 0 Å². The molecular formula is C13H9ClN4O. The smallest absolute Gasteiger partial charge is 0.257 e. The van der Waals surface area contributed by atoms with Crippen LogP contribution in [0.15, 0.2) is 36.5 Å². The predicted molar refractivity (Wildman–Crippen MR) is 72.8 cm³/mol. The van der Waals surface area contributed by atoms with Crippen molar-refractivity contribution in [3.8, 4) is 6.07 Å². The number of hydrogen-bond donors (Lipinski definition) is 2. The molecule has 0 radical (unpaired) electrons. The van der Waals surface area contributed by atoms with Gasteiger partial charge in [-0.2, -0.15) is 5.26 Å². The molecule has 1 aromatic carbocycles. The Labute approximate surface area is 114 Å². The van der Waals surface area contributed by atoms with Crippen LogP contribution in [0.25, 0.3) is 0 Å². The third-order valence-electron chi connectivity index (χ3n) is 2.42. The third kappa shape index (κ3) is 2.81. The molecule has 0 aliphatic heterocycles. The van der Waals surface area contributed by atoms with Gasteiger partial charge in [0.15, 0.2) is 0 Å². The molecular weight excluding hydrogens is 264 g/mol. The van der Waals surface area contributed by atoms with E-state index in [9.17, 15) is 4.79 Å². The van der Waals surface area contributed by atoms with Gasteiger partial charge < -0.3 is 11.1 Å². The lowest BCUT2D eigenvalue weighted by molar-refractivity contribution is 0.102. The van der Waals surface area contributed by atoms with Gasteiger partial charge in [0.2, 0.25) is 0 Å². The molecule has 19 heavy (non-hydrogen) atoms. The number of anilines is 2. The molecule has 0 saturated carbocycles. The van der Waals surface area contributed by atoms with Crippen molar-refractivity contribution in [2.24, 2.45) is 0 Å². The second kappa shape index (κ2) is 5.38. The minimum absolute atomic E-state index is 0.195. The number of halogens is 1. The van der Waals surface area contributed by atoms with Crippen molar-refractivity contribution in [3.63, 3.8) is 0 Å². The SMILES string of the molecule is N#Cc1ccccc1NC(=O)c1cc(N)ncc1Cl. The van der Waals surface area contributed by atoms with Crippen LogP contribution in [0.4, 0.5) is 11.5 Å². The van der Waals surface area contributed by atoms with E-state index in [1.54, 1.807) is 24.3 Å². The highest BCUT2D eigenvalue weighted by Crippen LogP contribution is 2.20. The average Bonchev–Trinajstić information content (AvgIpc) is 2.42. The van der Waals surface area contributed by atoms with Crippen LogP contribution in [-0.4, -0.2) is 10.9 Å². The summed E-state index contributed by atoms with van der Waals surface area (Å²) in [5.74, 6) is -0.245. The standard InChI is InChI=1S/C13H9ClN4O/c14-10-7-17-12(16)5-9(10)13(19)18-11-4-2-1-3-8(11)6-15/h1-5,7H,(H2,16,17)(H,18,19). The molecule has 0 aliphatic rings. The highest BCUT2D eigenvalue weighted by molar-refractivity contribution is 6.34. The lowest BCUT2D eigenvalue weighted by Gasteiger charge is -2.08. The number of nitrogens with zero attached hydrogens (tertiary/aromatic N) is 2. The van der Waals surface area contributed by atoms with E-state index in [2.05, 4.69) is 10.3 Å². The summed E-state index contributed by atoms with van der Waals surface area (Å²) in [5, 5.41) is 11.8. The summed E-state index contributed by atoms with van der Waals surface area (Å²) in [4.78, 5) is 15.8. The zero-order valence-corrected chi connectivity index (χ0v) is 10.5. The lowest BCUT2D eigenvalue weighted by Crippen LogP contribution is -2.14. The number of benzene rings is 1. The van der Waals surface area contributed by atoms with Crippen molar-refractivity contribution in [2.75, 3.05) is 11.1 Å². The molecule has 2 aromatic rings. The molecule has 0 unspecified atom stereocenters. The number of nitrogens with one attached hydrogen (secondary N) is 1. The fraction of sp³-hybridized carbons (Fsp3) is 0. The summed E-state index contributed by atoms with van der Waals surface area (Å²) in [6, 6.07) is 10.1. The number of aromatic nitrogens is 1. The predicted octanol–water partition coefficient (Wildman–Crippen LogP) is 2.44. The highest BCUT2D eigenvalue weighted by Gasteiger charge is 2.13. The Hall–Kier alpha value is -2.58. The monoisotopic (exact) mass is 272 g/mol. The molecule has 2 rings (SSSR count). The van der Waals surface area contributed by atoms with Gasteiger partial charge in [-0.1, -0.05) is 23.7 Å². The molecule has 3 N–H and O–H groups in total. The van der Waals surface area contributed by atoms with E-state index in [0.29, 0.717) is 11.3 Å². The molecule has 1 aromatic heterocycles. The number of nitrogen functional groups attached to an aromatic ring is 1. The quantitative estimate of drug-likeness (QED) is 0.878. The molecule has 1 amide bonds. The van der Waals surface area contributed by atoms with Gasteiger partial charge in [0.1, 0.15) is 11.9 Å². The normalized spacial score (nSPS) is 9.68. The van der Waals surface area contributed by atoms with Crippen LogP contribution in [-0.2, 0) is 0 Å². The number of nitriles is 1. The van der Waals surface area contributed by atoms with E-state index >= 15 is 0 Å². The van der Waals surface area contributed by atoms with Crippen LogP contribution in [0.3, 0.4) is 0 Å². The van der Waals surface area contributed by atoms with Crippen LogP contribution in [0.2, 0.25) is 5.02 Å². The Morgan fingerprint density at radius 1 is 1.42 bits per heavy atom. The molecule has 0 atom stereocenters. The minimum Gasteiger partial charge on any atom is -0.384 e. The summed E-state index contributed by atoms with van der Waals surface area (Å²) >= 11 is 5.89. The Bertz CT molecular complexity index is 679. The van der Waals surface area contributed by atoms with Gasteiger partial charge in [-0.05, 0) is 18.2 Å². The first kappa shape index (κ1) is 12.9. The van der Waals surface area contributed by atoms with Gasteiger partial charge in [0.05, 0.1) is 21.8 Å². The van der Waals surface area contributed by atoms with Gasteiger partial charge in [0, 0.05) is 6.20 Å². The van der Waals surface area contributed by atoms with Gasteiger partial charge in [-0.3, -0.25) is 4.79 Å². The number of para-hydroxylation sites is 1. The Morgan fingerprint density at radius 3 is 2.89 bits per heavy atom. The first-order chi connectivity index (χ1) is 9.11. The summed E-state index contributed by atoms with van der Waals surface area (Å²) in [6.45, 7) is 0. The lowest BCUT2D eigenvalue weighted by atomic mass is 10.2. The van der Waals surface area contributed by atoms with E-state index in [0.717, 1.165) is 0 Å². The van der Waals surface area contributed by atoms with Crippen LogP contribution in [0.1, 0.15) is 15.9 Å². The van der Waals surface area contributed by atoms with Crippen molar-refractivity contribution in [1.29, 1.82) is 5.26 Å². The van der Waals surface area contributed by atoms with Crippen molar-refractivity contribution in [2.45, 2.75) is 0 Å². The summed E-state index contributed by atoms with van der Waals surface area (Å²) in [7, 11) is 0. The Kier molecular flexibility index (Phi) is 3.64. The molecule has 0 bridgehead atoms. The molecule has 0 fully saturated rings. The molecule has 1 heterocycles. The van der Waals surface area contributed by atoms with E-state index in [-0.39, 0.29) is 16.4 Å². The zero-order chi connectivity index (χ0) is 13.8. The maximum atomic E-state index is 12.1. The summed E-state index contributed by atoms with van der Waals surface area (Å²) < 4.78 is 0. The first-order valence-corrected chi connectivity index (χ1v) is 5.71. The Morgan fingerprint density at radius 2 is 2.16 bits per heavy atom. The van der Waals surface area contributed by atoms with E-state index in [1.807, 2.05) is 6.07 Å². The molecule has 0 saturated heterocycles.